The van der Waals surface area contributed by atoms with Gasteiger partial charge in [-0.05, 0) is 48.4 Å². The van der Waals surface area contributed by atoms with Crippen molar-refractivity contribution in [2.24, 2.45) is 11.8 Å². The van der Waals surface area contributed by atoms with Gasteiger partial charge in [0.25, 0.3) is 5.91 Å². The summed E-state index contributed by atoms with van der Waals surface area (Å²) in [6.45, 7) is 6.10. The number of piperidine rings is 1. The summed E-state index contributed by atoms with van der Waals surface area (Å²) >= 11 is 0. The van der Waals surface area contributed by atoms with E-state index >= 15 is 0 Å². The Morgan fingerprint density at radius 1 is 1.19 bits per heavy atom. The molecule has 2 heterocycles. The van der Waals surface area contributed by atoms with Gasteiger partial charge in [0.05, 0.1) is 0 Å². The van der Waals surface area contributed by atoms with E-state index in [1.807, 2.05) is 23.1 Å². The molecule has 0 aliphatic carbocycles. The second-order valence-corrected chi connectivity index (χ2v) is 6.58. The summed E-state index contributed by atoms with van der Waals surface area (Å²) in [5.74, 6) is 1.30. The van der Waals surface area contributed by atoms with Gasteiger partial charge in [-0.3, -0.25) is 9.59 Å². The number of hydrogen-bond donors (Lipinski definition) is 1. The molecule has 21 heavy (non-hydrogen) atoms. The van der Waals surface area contributed by atoms with Crippen LogP contribution >= 0.6 is 0 Å². The van der Waals surface area contributed by atoms with Crippen LogP contribution in [0, 0.1) is 11.8 Å². The number of anilines is 1. The van der Waals surface area contributed by atoms with Crippen LogP contribution < -0.4 is 5.32 Å². The first-order valence-electron chi connectivity index (χ1n) is 7.75. The lowest BCUT2D eigenvalue weighted by atomic mass is 9.91. The zero-order chi connectivity index (χ0) is 15.0. The van der Waals surface area contributed by atoms with Crippen molar-refractivity contribution in [3.05, 3.63) is 29.3 Å². The van der Waals surface area contributed by atoms with E-state index in [1.54, 1.807) is 0 Å². The number of nitrogens with one attached hydrogen (secondary N) is 1. The molecule has 2 aliphatic rings. The molecule has 4 nitrogen and oxygen atoms in total. The number of carbonyl (C=O) groups excluding carboxylic acids is 2. The van der Waals surface area contributed by atoms with E-state index in [2.05, 4.69) is 19.2 Å². The second-order valence-electron chi connectivity index (χ2n) is 6.58. The van der Waals surface area contributed by atoms with E-state index in [1.165, 1.54) is 6.42 Å². The van der Waals surface area contributed by atoms with E-state index in [9.17, 15) is 9.59 Å². The number of fused-ring (bicyclic) bond motifs is 1. The topological polar surface area (TPSA) is 49.4 Å². The van der Waals surface area contributed by atoms with Crippen molar-refractivity contribution in [2.75, 3.05) is 18.4 Å². The number of carbonyl (C=O) groups is 2. The lowest BCUT2D eigenvalue weighted by molar-refractivity contribution is -0.116. The van der Waals surface area contributed by atoms with Crippen molar-refractivity contribution >= 4 is 17.5 Å². The molecule has 2 aliphatic heterocycles. The number of benzene rings is 1. The molecule has 0 saturated carbocycles. The largest absolute Gasteiger partial charge is 0.338 e. The predicted molar refractivity (Wildman–Crippen MR) is 82.2 cm³/mol. The maximum atomic E-state index is 12.7. The third-order valence-corrected chi connectivity index (χ3v) is 4.40. The normalized spacial score (nSPS) is 25.2. The summed E-state index contributed by atoms with van der Waals surface area (Å²) in [7, 11) is 0. The van der Waals surface area contributed by atoms with Crippen molar-refractivity contribution in [2.45, 2.75) is 33.1 Å². The Kier molecular flexibility index (Phi) is 3.70. The fraction of sp³-hybridized carbons (Fsp3) is 0.529. The number of rotatable bonds is 1. The summed E-state index contributed by atoms with van der Waals surface area (Å²) in [6.07, 6.45) is 2.41. The first-order valence-corrected chi connectivity index (χ1v) is 7.75. The average molecular weight is 286 g/mol. The van der Waals surface area contributed by atoms with Crippen LogP contribution in [0.2, 0.25) is 0 Å². The first-order chi connectivity index (χ1) is 10.0. The third kappa shape index (κ3) is 2.94. The van der Waals surface area contributed by atoms with Gasteiger partial charge in [-0.25, -0.2) is 0 Å². The fourth-order valence-electron chi connectivity index (χ4n) is 3.53. The number of likely N-dealkylation sites (tertiary alicyclic amines) is 1. The van der Waals surface area contributed by atoms with Gasteiger partial charge in [0.2, 0.25) is 5.91 Å². The minimum absolute atomic E-state index is 0.0558. The lowest BCUT2D eigenvalue weighted by Gasteiger charge is -2.35. The molecule has 1 aromatic carbocycles. The van der Waals surface area contributed by atoms with Crippen LogP contribution in [0.4, 0.5) is 5.69 Å². The molecule has 0 aromatic heterocycles. The number of hydrogen-bond acceptors (Lipinski definition) is 2. The highest BCUT2D eigenvalue weighted by atomic mass is 16.2. The van der Waals surface area contributed by atoms with Gasteiger partial charge in [-0.15, -0.1) is 0 Å². The first kappa shape index (κ1) is 14.1. The molecule has 0 bridgehead atoms. The van der Waals surface area contributed by atoms with Gasteiger partial charge in [-0.2, -0.15) is 0 Å². The highest BCUT2D eigenvalue weighted by molar-refractivity contribution is 5.98. The van der Waals surface area contributed by atoms with E-state index in [4.69, 9.17) is 0 Å². The van der Waals surface area contributed by atoms with Crippen LogP contribution in [0.1, 0.15) is 42.6 Å². The Hall–Kier alpha value is -1.84. The van der Waals surface area contributed by atoms with Gasteiger partial charge < -0.3 is 10.2 Å². The summed E-state index contributed by atoms with van der Waals surface area (Å²) in [5.41, 5.74) is 2.66. The number of nitrogens with zero attached hydrogens (tertiary/aromatic N) is 1. The molecule has 1 fully saturated rings. The molecule has 3 rings (SSSR count). The summed E-state index contributed by atoms with van der Waals surface area (Å²) < 4.78 is 0. The van der Waals surface area contributed by atoms with Gasteiger partial charge in [0.1, 0.15) is 0 Å². The molecule has 2 atom stereocenters. The van der Waals surface area contributed by atoms with E-state index in [0.29, 0.717) is 18.3 Å². The Labute approximate surface area is 125 Å². The van der Waals surface area contributed by atoms with Crippen LogP contribution in [0.25, 0.3) is 0 Å². The summed E-state index contributed by atoms with van der Waals surface area (Å²) in [6, 6.07) is 5.63. The Morgan fingerprint density at radius 3 is 2.62 bits per heavy atom. The van der Waals surface area contributed by atoms with Crippen molar-refractivity contribution in [1.29, 1.82) is 0 Å². The SMILES string of the molecule is CC1CC(C)CN(C(=O)c2ccc3c(c2)CCC(=O)N3)C1. The highest BCUT2D eigenvalue weighted by Crippen LogP contribution is 2.26. The monoisotopic (exact) mass is 286 g/mol. The minimum Gasteiger partial charge on any atom is -0.338 e. The molecule has 0 spiro atoms. The van der Waals surface area contributed by atoms with E-state index in [0.717, 1.165) is 36.3 Å². The second kappa shape index (κ2) is 5.51. The van der Waals surface area contributed by atoms with Crippen LogP contribution in [-0.4, -0.2) is 29.8 Å². The molecule has 0 radical (unpaired) electrons. The maximum Gasteiger partial charge on any atom is 0.253 e. The summed E-state index contributed by atoms with van der Waals surface area (Å²) in [5, 5.41) is 2.86. The van der Waals surface area contributed by atoms with Gasteiger partial charge in [0.15, 0.2) is 0 Å². The number of amides is 2. The van der Waals surface area contributed by atoms with Crippen LogP contribution in [0.5, 0.6) is 0 Å². The molecule has 1 aromatic rings. The Morgan fingerprint density at radius 2 is 1.90 bits per heavy atom. The smallest absolute Gasteiger partial charge is 0.253 e. The quantitative estimate of drug-likeness (QED) is 0.863. The van der Waals surface area contributed by atoms with Crippen LogP contribution in [-0.2, 0) is 11.2 Å². The van der Waals surface area contributed by atoms with Crippen LogP contribution in [0.15, 0.2) is 18.2 Å². The lowest BCUT2D eigenvalue weighted by Crippen LogP contribution is -2.42. The molecular formula is C17H22N2O2. The zero-order valence-electron chi connectivity index (χ0n) is 12.7. The van der Waals surface area contributed by atoms with Crippen molar-refractivity contribution in [3.63, 3.8) is 0 Å². The molecule has 112 valence electrons. The average Bonchev–Trinajstić information content (AvgIpc) is 2.45. The van der Waals surface area contributed by atoms with Gasteiger partial charge in [0, 0.05) is 30.8 Å². The molecule has 4 heteroatoms. The fourth-order valence-corrected chi connectivity index (χ4v) is 3.53. The highest BCUT2D eigenvalue weighted by Gasteiger charge is 2.26. The zero-order valence-corrected chi connectivity index (χ0v) is 12.7. The third-order valence-electron chi connectivity index (χ3n) is 4.40. The summed E-state index contributed by atoms with van der Waals surface area (Å²) in [4.78, 5) is 26.0. The van der Waals surface area contributed by atoms with Gasteiger partial charge >= 0.3 is 0 Å². The minimum atomic E-state index is 0.0558. The molecular weight excluding hydrogens is 264 g/mol. The molecule has 1 saturated heterocycles. The van der Waals surface area contributed by atoms with E-state index in [-0.39, 0.29) is 11.8 Å². The maximum absolute atomic E-state index is 12.7. The molecule has 1 N–H and O–H groups in total. The molecule has 2 amide bonds. The molecule has 2 unspecified atom stereocenters. The van der Waals surface area contributed by atoms with E-state index < -0.39 is 0 Å². The van der Waals surface area contributed by atoms with Crippen molar-refractivity contribution in [1.82, 2.24) is 4.90 Å². The standard InChI is InChI=1S/C17H22N2O2/c1-11-7-12(2)10-19(9-11)17(21)14-3-5-15-13(8-14)4-6-16(20)18-15/h3,5,8,11-12H,4,6-7,9-10H2,1-2H3,(H,18,20). The Balaban J connectivity index is 1.80. The van der Waals surface area contributed by atoms with Gasteiger partial charge in [-0.1, -0.05) is 13.8 Å². The van der Waals surface area contributed by atoms with Crippen LogP contribution in [0.3, 0.4) is 0 Å². The Bertz CT molecular complexity index is 572. The van der Waals surface area contributed by atoms with Crippen molar-refractivity contribution in [3.8, 4) is 0 Å². The van der Waals surface area contributed by atoms with Crippen molar-refractivity contribution < 1.29 is 9.59 Å². The predicted octanol–water partition coefficient (Wildman–Crippen LogP) is 2.69. The number of aryl methyl sites for hydroxylation is 1.